The molecule has 1 saturated heterocycles. The molecule has 0 aromatic carbocycles. The minimum Gasteiger partial charge on any atom is -0.316 e. The maximum Gasteiger partial charge on any atom is 0.151 e. The SMILES string of the molecule is CCNCC(C)(C)CN1CCCS(=O)(=O)CC1. The minimum absolute atomic E-state index is 0.199. The summed E-state index contributed by atoms with van der Waals surface area (Å²) in [5.41, 5.74) is 0.199. The van der Waals surface area contributed by atoms with Crippen molar-refractivity contribution in [3.05, 3.63) is 0 Å². The summed E-state index contributed by atoms with van der Waals surface area (Å²) in [7, 11) is -2.78. The van der Waals surface area contributed by atoms with Gasteiger partial charge in [-0.05, 0) is 24.9 Å². The molecule has 0 radical (unpaired) electrons. The van der Waals surface area contributed by atoms with Crippen LogP contribution in [0, 0.1) is 5.41 Å². The van der Waals surface area contributed by atoms with Crippen LogP contribution in [0.4, 0.5) is 0 Å². The molecule has 17 heavy (non-hydrogen) atoms. The zero-order chi connectivity index (χ0) is 12.9. The van der Waals surface area contributed by atoms with Gasteiger partial charge in [-0.15, -0.1) is 0 Å². The van der Waals surface area contributed by atoms with Crippen molar-refractivity contribution in [2.24, 2.45) is 5.41 Å². The van der Waals surface area contributed by atoms with Gasteiger partial charge in [-0.3, -0.25) is 0 Å². The van der Waals surface area contributed by atoms with Crippen LogP contribution in [0.1, 0.15) is 27.2 Å². The van der Waals surface area contributed by atoms with Gasteiger partial charge in [0.25, 0.3) is 0 Å². The van der Waals surface area contributed by atoms with Crippen LogP contribution in [0.2, 0.25) is 0 Å². The lowest BCUT2D eigenvalue weighted by molar-refractivity contribution is 0.185. The van der Waals surface area contributed by atoms with Crippen molar-refractivity contribution in [3.8, 4) is 0 Å². The fourth-order valence-corrected chi connectivity index (χ4v) is 3.58. The second kappa shape index (κ2) is 6.16. The Morgan fingerprint density at radius 3 is 2.59 bits per heavy atom. The Labute approximate surface area is 106 Å². The molecule has 1 fully saturated rings. The second-order valence-electron chi connectivity index (χ2n) is 5.73. The largest absolute Gasteiger partial charge is 0.316 e. The van der Waals surface area contributed by atoms with Gasteiger partial charge in [-0.1, -0.05) is 20.8 Å². The van der Waals surface area contributed by atoms with Gasteiger partial charge in [0.15, 0.2) is 9.84 Å². The number of nitrogens with zero attached hydrogens (tertiary/aromatic N) is 1. The lowest BCUT2D eigenvalue weighted by atomic mass is 9.92. The molecule has 1 N–H and O–H groups in total. The van der Waals surface area contributed by atoms with Crippen LogP contribution in [-0.4, -0.2) is 57.5 Å². The van der Waals surface area contributed by atoms with Crippen molar-refractivity contribution < 1.29 is 8.42 Å². The van der Waals surface area contributed by atoms with Crippen molar-refractivity contribution in [3.63, 3.8) is 0 Å². The fraction of sp³-hybridized carbons (Fsp3) is 1.00. The summed E-state index contributed by atoms with van der Waals surface area (Å²) in [5.74, 6) is 0.682. The predicted molar refractivity (Wildman–Crippen MR) is 72.0 cm³/mol. The molecule has 1 heterocycles. The number of hydrogen-bond acceptors (Lipinski definition) is 4. The van der Waals surface area contributed by atoms with Gasteiger partial charge in [0, 0.05) is 19.6 Å². The van der Waals surface area contributed by atoms with E-state index >= 15 is 0 Å². The first-order valence-corrected chi connectivity index (χ1v) is 8.30. The highest BCUT2D eigenvalue weighted by atomic mass is 32.2. The molecule has 0 bridgehead atoms. The molecule has 0 amide bonds. The first-order chi connectivity index (χ1) is 7.85. The highest BCUT2D eigenvalue weighted by Crippen LogP contribution is 2.17. The monoisotopic (exact) mass is 262 g/mol. The second-order valence-corrected chi connectivity index (χ2v) is 8.03. The van der Waals surface area contributed by atoms with Crippen LogP contribution < -0.4 is 5.32 Å². The van der Waals surface area contributed by atoms with Crippen molar-refractivity contribution >= 4 is 9.84 Å². The van der Waals surface area contributed by atoms with E-state index in [2.05, 4.69) is 31.0 Å². The summed E-state index contributed by atoms with van der Waals surface area (Å²) < 4.78 is 23.0. The number of hydrogen-bond donors (Lipinski definition) is 1. The molecule has 0 saturated carbocycles. The maximum absolute atomic E-state index is 11.5. The van der Waals surface area contributed by atoms with Crippen LogP contribution >= 0.6 is 0 Å². The van der Waals surface area contributed by atoms with Crippen molar-refractivity contribution in [1.29, 1.82) is 0 Å². The average Bonchev–Trinajstić information content (AvgIpc) is 2.37. The Morgan fingerprint density at radius 1 is 1.24 bits per heavy atom. The Balaban J connectivity index is 2.46. The normalized spacial score (nSPS) is 22.3. The molecule has 1 aliphatic heterocycles. The zero-order valence-electron chi connectivity index (χ0n) is 11.3. The molecule has 5 heteroatoms. The zero-order valence-corrected chi connectivity index (χ0v) is 12.1. The third kappa shape index (κ3) is 5.84. The van der Waals surface area contributed by atoms with Crippen LogP contribution in [-0.2, 0) is 9.84 Å². The van der Waals surface area contributed by atoms with E-state index in [-0.39, 0.29) is 5.41 Å². The van der Waals surface area contributed by atoms with Gasteiger partial charge in [0.1, 0.15) is 0 Å². The molecule has 0 atom stereocenters. The van der Waals surface area contributed by atoms with E-state index in [1.54, 1.807) is 0 Å². The quantitative estimate of drug-likeness (QED) is 0.794. The summed E-state index contributed by atoms with van der Waals surface area (Å²) in [6.07, 6.45) is 0.777. The van der Waals surface area contributed by atoms with E-state index in [0.717, 1.165) is 32.6 Å². The fourth-order valence-electron chi connectivity index (χ4n) is 2.27. The third-order valence-corrected chi connectivity index (χ3v) is 4.87. The summed E-state index contributed by atoms with van der Waals surface area (Å²) >= 11 is 0. The molecule has 0 aromatic heterocycles. The predicted octanol–water partition coefficient (Wildman–Crippen LogP) is 0.743. The molecule has 1 rings (SSSR count). The standard InChI is InChI=1S/C12H26N2O2S/c1-4-13-10-12(2,3)11-14-6-5-8-17(15,16)9-7-14/h13H,4-11H2,1-3H3. The first-order valence-electron chi connectivity index (χ1n) is 6.48. The smallest absolute Gasteiger partial charge is 0.151 e. The molecule has 0 spiro atoms. The topological polar surface area (TPSA) is 49.4 Å². The van der Waals surface area contributed by atoms with E-state index in [9.17, 15) is 8.42 Å². The van der Waals surface area contributed by atoms with Crippen LogP contribution in [0.25, 0.3) is 0 Å². The van der Waals surface area contributed by atoms with Gasteiger partial charge in [-0.2, -0.15) is 0 Å². The van der Waals surface area contributed by atoms with Crippen LogP contribution in [0.3, 0.4) is 0 Å². The Morgan fingerprint density at radius 2 is 1.94 bits per heavy atom. The van der Waals surface area contributed by atoms with Crippen molar-refractivity contribution in [1.82, 2.24) is 10.2 Å². The highest BCUT2D eigenvalue weighted by Gasteiger charge is 2.25. The first kappa shape index (κ1) is 14.9. The molecular weight excluding hydrogens is 236 g/mol. The Hall–Kier alpha value is -0.130. The molecule has 4 nitrogen and oxygen atoms in total. The Bertz CT molecular complexity index is 325. The number of rotatable bonds is 5. The third-order valence-electron chi connectivity index (χ3n) is 3.15. The van der Waals surface area contributed by atoms with Gasteiger partial charge < -0.3 is 10.2 Å². The highest BCUT2D eigenvalue weighted by molar-refractivity contribution is 7.91. The van der Waals surface area contributed by atoms with E-state index in [1.807, 2.05) is 0 Å². The van der Waals surface area contributed by atoms with E-state index in [0.29, 0.717) is 18.1 Å². The lowest BCUT2D eigenvalue weighted by Crippen LogP contribution is -2.41. The Kier molecular flexibility index (Phi) is 5.41. The summed E-state index contributed by atoms with van der Waals surface area (Å²) in [6.45, 7) is 11.1. The van der Waals surface area contributed by atoms with Crippen molar-refractivity contribution in [2.45, 2.75) is 27.2 Å². The molecule has 0 aliphatic carbocycles. The molecule has 0 aromatic rings. The van der Waals surface area contributed by atoms with Gasteiger partial charge in [-0.25, -0.2) is 8.42 Å². The molecule has 1 aliphatic rings. The summed E-state index contributed by atoms with van der Waals surface area (Å²) in [5, 5.41) is 3.37. The average molecular weight is 262 g/mol. The molecule has 102 valence electrons. The van der Waals surface area contributed by atoms with E-state index in [1.165, 1.54) is 0 Å². The maximum atomic E-state index is 11.5. The molecular formula is C12H26N2O2S. The van der Waals surface area contributed by atoms with Crippen LogP contribution in [0.5, 0.6) is 0 Å². The summed E-state index contributed by atoms with van der Waals surface area (Å²) in [4.78, 5) is 2.29. The molecule has 0 unspecified atom stereocenters. The van der Waals surface area contributed by atoms with Gasteiger partial charge in [0.05, 0.1) is 11.5 Å². The van der Waals surface area contributed by atoms with Gasteiger partial charge in [0.2, 0.25) is 0 Å². The number of sulfone groups is 1. The minimum atomic E-state index is -2.78. The van der Waals surface area contributed by atoms with Crippen molar-refractivity contribution in [2.75, 3.05) is 44.2 Å². The summed E-state index contributed by atoms with van der Waals surface area (Å²) in [6, 6.07) is 0. The number of nitrogens with one attached hydrogen (secondary N) is 1. The van der Waals surface area contributed by atoms with E-state index in [4.69, 9.17) is 0 Å². The lowest BCUT2D eigenvalue weighted by Gasteiger charge is -2.32. The van der Waals surface area contributed by atoms with Gasteiger partial charge >= 0.3 is 0 Å². The van der Waals surface area contributed by atoms with E-state index < -0.39 is 9.84 Å². The van der Waals surface area contributed by atoms with Crippen LogP contribution in [0.15, 0.2) is 0 Å².